The molecule has 0 aromatic heterocycles. The van der Waals surface area contributed by atoms with Crippen molar-refractivity contribution in [1.82, 2.24) is 10.2 Å². The highest BCUT2D eigenvalue weighted by atomic mass is 16.1. The Bertz CT molecular complexity index is 277. The summed E-state index contributed by atoms with van der Waals surface area (Å²) in [6, 6.07) is 0.234. The highest BCUT2D eigenvalue weighted by Gasteiger charge is 2.27. The molecule has 1 aliphatic rings. The van der Waals surface area contributed by atoms with E-state index in [1.807, 2.05) is 0 Å². The topological polar surface area (TPSA) is 58.4 Å². The summed E-state index contributed by atoms with van der Waals surface area (Å²) in [5.41, 5.74) is 5.64. The number of nitrogens with two attached hydrogens (primary N) is 1. The van der Waals surface area contributed by atoms with Gasteiger partial charge in [-0.3, -0.25) is 4.79 Å². The summed E-state index contributed by atoms with van der Waals surface area (Å²) in [4.78, 5) is 14.7. The molecule has 4 nitrogen and oxygen atoms in total. The van der Waals surface area contributed by atoms with Crippen LogP contribution in [0.1, 0.15) is 52.9 Å². The van der Waals surface area contributed by atoms with Crippen LogP contribution in [0.2, 0.25) is 0 Å². The van der Waals surface area contributed by atoms with E-state index >= 15 is 0 Å². The van der Waals surface area contributed by atoms with Gasteiger partial charge in [0.05, 0.1) is 0 Å². The van der Waals surface area contributed by atoms with Crippen molar-refractivity contribution in [3.8, 4) is 0 Å². The Balaban J connectivity index is 2.37. The molecule has 0 aromatic carbocycles. The van der Waals surface area contributed by atoms with E-state index in [0.29, 0.717) is 5.92 Å². The van der Waals surface area contributed by atoms with Gasteiger partial charge in [-0.25, -0.2) is 0 Å². The lowest BCUT2D eigenvalue weighted by atomic mass is 9.79. The Morgan fingerprint density at radius 2 is 2.05 bits per heavy atom. The van der Waals surface area contributed by atoms with Crippen LogP contribution in [0.15, 0.2) is 0 Å². The van der Waals surface area contributed by atoms with Crippen LogP contribution in [0.3, 0.4) is 0 Å². The fourth-order valence-corrected chi connectivity index (χ4v) is 3.30. The number of carbonyl (C=O) groups is 1. The van der Waals surface area contributed by atoms with Gasteiger partial charge in [-0.1, -0.05) is 26.7 Å². The second-order valence-corrected chi connectivity index (χ2v) is 6.20. The lowest BCUT2D eigenvalue weighted by molar-refractivity contribution is -0.127. The van der Waals surface area contributed by atoms with Gasteiger partial charge in [-0.15, -0.1) is 0 Å². The minimum Gasteiger partial charge on any atom is -0.352 e. The fourth-order valence-electron chi connectivity index (χ4n) is 3.30. The molecule has 0 spiro atoms. The highest BCUT2D eigenvalue weighted by Crippen LogP contribution is 2.30. The van der Waals surface area contributed by atoms with Crippen molar-refractivity contribution in [3.05, 3.63) is 0 Å². The van der Waals surface area contributed by atoms with Crippen LogP contribution < -0.4 is 11.1 Å². The van der Waals surface area contributed by atoms with Gasteiger partial charge in [0, 0.05) is 18.5 Å². The number of nitrogens with one attached hydrogen (secondary N) is 1. The molecule has 0 heterocycles. The van der Waals surface area contributed by atoms with E-state index in [1.165, 1.54) is 12.8 Å². The Morgan fingerprint density at radius 3 is 2.65 bits per heavy atom. The van der Waals surface area contributed by atoms with Crippen LogP contribution in [0, 0.1) is 11.8 Å². The van der Waals surface area contributed by atoms with Crippen molar-refractivity contribution in [3.63, 3.8) is 0 Å². The van der Waals surface area contributed by atoms with E-state index < -0.39 is 0 Å². The van der Waals surface area contributed by atoms with Crippen LogP contribution in [0.4, 0.5) is 0 Å². The van der Waals surface area contributed by atoms with Gasteiger partial charge in [0.2, 0.25) is 5.91 Å². The molecule has 0 aromatic rings. The van der Waals surface area contributed by atoms with Gasteiger partial charge >= 0.3 is 0 Å². The van der Waals surface area contributed by atoms with E-state index in [1.54, 1.807) is 0 Å². The Hall–Kier alpha value is -0.610. The Labute approximate surface area is 124 Å². The van der Waals surface area contributed by atoms with Crippen molar-refractivity contribution >= 4 is 5.91 Å². The molecule has 0 saturated heterocycles. The van der Waals surface area contributed by atoms with Crippen LogP contribution in [0.25, 0.3) is 0 Å². The standard InChI is InChI=1S/C16H33N3O/c1-4-19(5-2)12-13(3)18-16(20)15-8-6-7-14(11-15)9-10-17/h13-15H,4-12,17H2,1-3H3,(H,18,20). The zero-order valence-electron chi connectivity index (χ0n) is 13.5. The van der Waals surface area contributed by atoms with Gasteiger partial charge in [-0.2, -0.15) is 0 Å². The van der Waals surface area contributed by atoms with E-state index in [2.05, 4.69) is 31.0 Å². The van der Waals surface area contributed by atoms with Crippen LogP contribution in [-0.2, 0) is 4.79 Å². The number of rotatable bonds is 8. The van der Waals surface area contributed by atoms with Crippen molar-refractivity contribution in [2.24, 2.45) is 17.6 Å². The summed E-state index contributed by atoms with van der Waals surface area (Å²) in [5, 5.41) is 3.20. The van der Waals surface area contributed by atoms with Crippen molar-refractivity contribution < 1.29 is 4.79 Å². The van der Waals surface area contributed by atoms with Crippen LogP contribution in [-0.4, -0.2) is 43.0 Å². The third-order valence-corrected chi connectivity index (χ3v) is 4.54. The molecule has 0 bridgehead atoms. The third-order valence-electron chi connectivity index (χ3n) is 4.54. The predicted molar refractivity (Wildman–Crippen MR) is 84.5 cm³/mol. The third kappa shape index (κ3) is 5.80. The van der Waals surface area contributed by atoms with E-state index in [9.17, 15) is 4.79 Å². The predicted octanol–water partition coefficient (Wildman–Crippen LogP) is 1.99. The maximum Gasteiger partial charge on any atom is 0.223 e. The monoisotopic (exact) mass is 283 g/mol. The van der Waals surface area contributed by atoms with Gasteiger partial charge < -0.3 is 16.0 Å². The SMILES string of the molecule is CCN(CC)CC(C)NC(=O)C1CCCC(CCN)C1. The quantitative estimate of drug-likeness (QED) is 0.716. The molecule has 20 heavy (non-hydrogen) atoms. The smallest absolute Gasteiger partial charge is 0.223 e. The molecule has 4 heteroatoms. The lowest BCUT2D eigenvalue weighted by Crippen LogP contribution is -2.45. The first kappa shape index (κ1) is 17.4. The Morgan fingerprint density at radius 1 is 1.35 bits per heavy atom. The minimum absolute atomic E-state index is 0.208. The number of carbonyl (C=O) groups excluding carboxylic acids is 1. The number of likely N-dealkylation sites (N-methyl/N-ethyl adjacent to an activating group) is 1. The maximum atomic E-state index is 12.4. The molecule has 1 rings (SSSR count). The summed E-state index contributed by atoms with van der Waals surface area (Å²) in [6.07, 6.45) is 5.56. The zero-order chi connectivity index (χ0) is 15.0. The summed E-state index contributed by atoms with van der Waals surface area (Å²) >= 11 is 0. The molecule has 118 valence electrons. The second-order valence-electron chi connectivity index (χ2n) is 6.20. The minimum atomic E-state index is 0.208. The van der Waals surface area contributed by atoms with Gasteiger partial charge in [0.1, 0.15) is 0 Å². The number of amides is 1. The largest absolute Gasteiger partial charge is 0.352 e. The normalized spacial score (nSPS) is 24.6. The average molecular weight is 283 g/mol. The fraction of sp³-hybridized carbons (Fsp3) is 0.938. The van der Waals surface area contributed by atoms with E-state index in [0.717, 1.165) is 45.4 Å². The van der Waals surface area contributed by atoms with Crippen molar-refractivity contribution in [2.75, 3.05) is 26.2 Å². The maximum absolute atomic E-state index is 12.4. The second kappa shape index (κ2) is 9.35. The van der Waals surface area contributed by atoms with E-state index in [4.69, 9.17) is 5.73 Å². The first-order chi connectivity index (χ1) is 9.60. The van der Waals surface area contributed by atoms with Crippen LogP contribution >= 0.6 is 0 Å². The molecule has 1 fully saturated rings. The molecule has 1 aliphatic carbocycles. The first-order valence-electron chi connectivity index (χ1n) is 8.33. The average Bonchev–Trinajstić information content (AvgIpc) is 2.45. The van der Waals surface area contributed by atoms with Crippen LogP contribution in [0.5, 0.6) is 0 Å². The summed E-state index contributed by atoms with van der Waals surface area (Å²) in [7, 11) is 0. The highest BCUT2D eigenvalue weighted by molar-refractivity contribution is 5.79. The summed E-state index contributed by atoms with van der Waals surface area (Å²) in [6.45, 7) is 10.2. The van der Waals surface area contributed by atoms with Gasteiger partial charge in [0.25, 0.3) is 0 Å². The number of nitrogens with zero attached hydrogens (tertiary/aromatic N) is 1. The first-order valence-corrected chi connectivity index (χ1v) is 8.33. The molecule has 1 amide bonds. The summed E-state index contributed by atoms with van der Waals surface area (Å²) in [5.74, 6) is 1.12. The molecule has 3 unspecified atom stereocenters. The molecular formula is C16H33N3O. The lowest BCUT2D eigenvalue weighted by Gasteiger charge is -2.30. The summed E-state index contributed by atoms with van der Waals surface area (Å²) < 4.78 is 0. The number of hydrogen-bond acceptors (Lipinski definition) is 3. The molecule has 3 atom stereocenters. The van der Waals surface area contributed by atoms with Crippen molar-refractivity contribution in [2.45, 2.75) is 58.9 Å². The molecule has 3 N–H and O–H groups in total. The van der Waals surface area contributed by atoms with Crippen molar-refractivity contribution in [1.29, 1.82) is 0 Å². The number of hydrogen-bond donors (Lipinski definition) is 2. The van der Waals surface area contributed by atoms with Gasteiger partial charge in [0.15, 0.2) is 0 Å². The zero-order valence-corrected chi connectivity index (χ0v) is 13.5. The molecule has 1 saturated carbocycles. The molecule has 0 radical (unpaired) electrons. The van der Waals surface area contributed by atoms with Gasteiger partial charge in [-0.05, 0) is 51.7 Å². The Kier molecular flexibility index (Phi) is 8.15. The molecular weight excluding hydrogens is 250 g/mol. The van der Waals surface area contributed by atoms with E-state index in [-0.39, 0.29) is 17.9 Å². The molecule has 0 aliphatic heterocycles.